The summed E-state index contributed by atoms with van der Waals surface area (Å²) in [6, 6.07) is 0.475. The number of hydrogen-bond acceptors (Lipinski definition) is 2. The van der Waals surface area contributed by atoms with Crippen LogP contribution in [0.1, 0.15) is 27.2 Å². The van der Waals surface area contributed by atoms with E-state index in [1.165, 1.54) is 0 Å². The van der Waals surface area contributed by atoms with Gasteiger partial charge >= 0.3 is 0 Å². The Labute approximate surface area is 63.2 Å². The van der Waals surface area contributed by atoms with E-state index >= 15 is 0 Å². The summed E-state index contributed by atoms with van der Waals surface area (Å²) in [4.78, 5) is 12.7. The molecule has 0 radical (unpaired) electrons. The van der Waals surface area contributed by atoms with Gasteiger partial charge in [0.1, 0.15) is 5.78 Å². The summed E-state index contributed by atoms with van der Waals surface area (Å²) in [5.74, 6) is 0.375. The third kappa shape index (κ3) is 2.48. The molecule has 1 unspecified atom stereocenters. The zero-order valence-corrected chi connectivity index (χ0v) is 7.35. The van der Waals surface area contributed by atoms with Gasteiger partial charge in [-0.1, -0.05) is 13.8 Å². The molecule has 1 saturated heterocycles. The molecule has 0 aromatic heterocycles. The van der Waals surface area contributed by atoms with E-state index in [-0.39, 0.29) is 0 Å². The molecule has 0 spiro atoms. The van der Waals surface area contributed by atoms with Crippen LogP contribution in [0.5, 0.6) is 0 Å². The van der Waals surface area contributed by atoms with E-state index in [1.54, 1.807) is 0 Å². The average molecular weight is 143 g/mol. The fourth-order valence-corrected chi connectivity index (χ4v) is 0.984. The number of likely N-dealkylation sites (N-methyl/N-ethyl adjacent to an activating group) is 1. The van der Waals surface area contributed by atoms with Gasteiger partial charge in [-0.3, -0.25) is 9.69 Å². The first-order valence-electron chi connectivity index (χ1n) is 3.92. The Kier molecular flexibility index (Phi) is 4.28. The molecular formula is C8H17NO. The molecule has 0 saturated carbocycles. The van der Waals surface area contributed by atoms with Crippen LogP contribution in [0.3, 0.4) is 0 Å². The fraction of sp³-hybridized carbons (Fsp3) is 0.875. The minimum absolute atomic E-state index is 0.375. The molecule has 1 fully saturated rings. The smallest absolute Gasteiger partial charge is 0.148 e. The summed E-state index contributed by atoms with van der Waals surface area (Å²) in [5.41, 5.74) is 0. The van der Waals surface area contributed by atoms with Crippen molar-refractivity contribution < 1.29 is 4.79 Å². The molecule has 2 heteroatoms. The predicted octanol–water partition coefficient (Wildman–Crippen LogP) is 1.31. The van der Waals surface area contributed by atoms with Gasteiger partial charge in [-0.25, -0.2) is 0 Å². The average Bonchev–Trinajstić information content (AvgIpc) is 2.16. The highest BCUT2D eigenvalue weighted by molar-refractivity contribution is 5.83. The summed E-state index contributed by atoms with van der Waals surface area (Å²) in [5, 5.41) is 0. The fourth-order valence-electron chi connectivity index (χ4n) is 0.984. The van der Waals surface area contributed by atoms with Gasteiger partial charge in [0.25, 0.3) is 0 Å². The standard InChI is InChI=1S/C6H11NO.C2H6/c1-5-3-6(8)4-7(5)2;1-2/h5H,3-4H2,1-2H3;1-2H3. The maximum atomic E-state index is 10.6. The molecule has 1 atom stereocenters. The van der Waals surface area contributed by atoms with Gasteiger partial charge in [0, 0.05) is 12.5 Å². The molecule has 1 aliphatic heterocycles. The summed E-state index contributed by atoms with van der Waals surface area (Å²) in [6.07, 6.45) is 0.747. The van der Waals surface area contributed by atoms with E-state index < -0.39 is 0 Å². The van der Waals surface area contributed by atoms with Crippen LogP contribution in [0.25, 0.3) is 0 Å². The Morgan fingerprint density at radius 3 is 2.10 bits per heavy atom. The van der Waals surface area contributed by atoms with Gasteiger partial charge in [-0.05, 0) is 14.0 Å². The Morgan fingerprint density at radius 1 is 1.50 bits per heavy atom. The van der Waals surface area contributed by atoms with Gasteiger partial charge in [0.05, 0.1) is 6.54 Å². The molecule has 60 valence electrons. The number of nitrogens with zero attached hydrogens (tertiary/aromatic N) is 1. The minimum Gasteiger partial charge on any atom is -0.298 e. The Bertz CT molecular complexity index is 99.8. The first-order chi connectivity index (χ1) is 4.70. The summed E-state index contributed by atoms with van der Waals surface area (Å²) >= 11 is 0. The summed E-state index contributed by atoms with van der Waals surface area (Å²) < 4.78 is 0. The van der Waals surface area contributed by atoms with Crippen LogP contribution in [0.15, 0.2) is 0 Å². The van der Waals surface area contributed by atoms with E-state index in [0.29, 0.717) is 18.4 Å². The largest absolute Gasteiger partial charge is 0.298 e. The highest BCUT2D eigenvalue weighted by atomic mass is 16.1. The quantitative estimate of drug-likeness (QED) is 0.509. The van der Waals surface area contributed by atoms with E-state index in [2.05, 4.69) is 11.8 Å². The van der Waals surface area contributed by atoms with Crippen LogP contribution < -0.4 is 0 Å². The van der Waals surface area contributed by atoms with Gasteiger partial charge in [-0.2, -0.15) is 0 Å². The number of carbonyl (C=O) groups excluding carboxylic acids is 1. The lowest BCUT2D eigenvalue weighted by atomic mass is 10.2. The summed E-state index contributed by atoms with van der Waals surface area (Å²) in [7, 11) is 1.98. The molecule has 0 aliphatic carbocycles. The third-order valence-corrected chi connectivity index (χ3v) is 1.70. The molecular weight excluding hydrogens is 126 g/mol. The number of Topliss-reactive ketones (excluding diaryl/α,β-unsaturated/α-hetero) is 1. The molecule has 0 bridgehead atoms. The highest BCUT2D eigenvalue weighted by Gasteiger charge is 2.22. The number of rotatable bonds is 0. The van der Waals surface area contributed by atoms with Gasteiger partial charge in [0.15, 0.2) is 0 Å². The maximum Gasteiger partial charge on any atom is 0.148 e. The lowest BCUT2D eigenvalue weighted by molar-refractivity contribution is -0.116. The van der Waals surface area contributed by atoms with Crippen molar-refractivity contribution in [3.8, 4) is 0 Å². The highest BCUT2D eigenvalue weighted by Crippen LogP contribution is 2.09. The molecule has 0 amide bonds. The van der Waals surface area contributed by atoms with Crippen molar-refractivity contribution in [1.82, 2.24) is 4.90 Å². The van der Waals surface area contributed by atoms with Crippen LogP contribution in [-0.2, 0) is 4.79 Å². The van der Waals surface area contributed by atoms with Gasteiger partial charge in [0.2, 0.25) is 0 Å². The molecule has 2 nitrogen and oxygen atoms in total. The van der Waals surface area contributed by atoms with Crippen molar-refractivity contribution in [2.45, 2.75) is 33.2 Å². The molecule has 0 aromatic rings. The second kappa shape index (κ2) is 4.45. The molecule has 1 rings (SSSR count). The Morgan fingerprint density at radius 2 is 2.00 bits per heavy atom. The second-order valence-corrected chi connectivity index (χ2v) is 2.51. The zero-order valence-electron chi connectivity index (χ0n) is 7.35. The van der Waals surface area contributed by atoms with Crippen molar-refractivity contribution in [3.63, 3.8) is 0 Å². The predicted molar refractivity (Wildman–Crippen MR) is 43.1 cm³/mol. The maximum absolute atomic E-state index is 10.6. The molecule has 10 heavy (non-hydrogen) atoms. The van der Waals surface area contributed by atoms with Crippen LogP contribution in [0.4, 0.5) is 0 Å². The second-order valence-electron chi connectivity index (χ2n) is 2.51. The van der Waals surface area contributed by atoms with Crippen LogP contribution in [0, 0.1) is 0 Å². The van der Waals surface area contributed by atoms with Gasteiger partial charge < -0.3 is 0 Å². The molecule has 0 N–H and O–H groups in total. The van der Waals surface area contributed by atoms with Crippen molar-refractivity contribution >= 4 is 5.78 Å². The van der Waals surface area contributed by atoms with Crippen LogP contribution in [-0.4, -0.2) is 30.3 Å². The van der Waals surface area contributed by atoms with E-state index in [0.717, 1.165) is 6.42 Å². The monoisotopic (exact) mass is 143 g/mol. The third-order valence-electron chi connectivity index (χ3n) is 1.70. The first-order valence-corrected chi connectivity index (χ1v) is 3.92. The van der Waals surface area contributed by atoms with Crippen molar-refractivity contribution in [2.24, 2.45) is 0 Å². The van der Waals surface area contributed by atoms with E-state index in [4.69, 9.17) is 0 Å². The lowest BCUT2D eigenvalue weighted by Gasteiger charge is -2.10. The zero-order chi connectivity index (χ0) is 8.15. The SMILES string of the molecule is CC.CC1CC(=O)CN1C. The van der Waals surface area contributed by atoms with Crippen molar-refractivity contribution in [3.05, 3.63) is 0 Å². The van der Waals surface area contributed by atoms with Crippen LogP contribution >= 0.6 is 0 Å². The van der Waals surface area contributed by atoms with Crippen LogP contribution in [0.2, 0.25) is 0 Å². The molecule has 0 aromatic carbocycles. The van der Waals surface area contributed by atoms with Gasteiger partial charge in [-0.15, -0.1) is 0 Å². The minimum atomic E-state index is 0.375. The number of carbonyl (C=O) groups is 1. The number of ketones is 1. The Hall–Kier alpha value is -0.370. The van der Waals surface area contributed by atoms with Crippen molar-refractivity contribution in [2.75, 3.05) is 13.6 Å². The topological polar surface area (TPSA) is 20.3 Å². The number of hydrogen-bond donors (Lipinski definition) is 0. The molecule has 1 heterocycles. The normalized spacial score (nSPS) is 26.0. The Balaban J connectivity index is 0.000000371. The van der Waals surface area contributed by atoms with E-state index in [1.807, 2.05) is 20.9 Å². The lowest BCUT2D eigenvalue weighted by Crippen LogP contribution is -2.21. The summed E-state index contributed by atoms with van der Waals surface area (Å²) in [6.45, 7) is 6.73. The van der Waals surface area contributed by atoms with Crippen molar-refractivity contribution in [1.29, 1.82) is 0 Å². The first kappa shape index (κ1) is 9.63. The molecule has 1 aliphatic rings. The number of likely N-dealkylation sites (tertiary alicyclic amines) is 1. The van der Waals surface area contributed by atoms with E-state index in [9.17, 15) is 4.79 Å².